The smallest absolute Gasteiger partial charge is 0.218 e. The van der Waals surface area contributed by atoms with Gasteiger partial charge in [0.15, 0.2) is 0 Å². The minimum absolute atomic E-state index is 0.135. The number of hydrogen-bond acceptors (Lipinski definition) is 4. The number of amides is 1. The average molecular weight is 172 g/mol. The second kappa shape index (κ2) is 3.66. The number of carbonyl (C=O) groups is 1. The Morgan fingerprint density at radius 3 is 2.33 bits per heavy atom. The molecule has 0 aliphatic carbocycles. The normalized spacial score (nSPS) is 29.5. The maximum atomic E-state index is 10.4. The van der Waals surface area contributed by atoms with E-state index in [0.29, 0.717) is 0 Å². The molecule has 0 bridgehead atoms. The van der Waals surface area contributed by atoms with E-state index in [9.17, 15) is 15.0 Å². The molecule has 1 heterocycles. The van der Waals surface area contributed by atoms with E-state index in [2.05, 4.69) is 0 Å². The Morgan fingerprint density at radius 2 is 1.92 bits per heavy atom. The Kier molecular flexibility index (Phi) is 2.80. The van der Waals surface area contributed by atoms with Gasteiger partial charge < -0.3 is 15.9 Å². The lowest BCUT2D eigenvalue weighted by Crippen LogP contribution is -2.38. The van der Waals surface area contributed by atoms with Crippen LogP contribution in [0.4, 0.5) is 0 Å². The largest absolute Gasteiger partial charge is 0.375 e. The van der Waals surface area contributed by atoms with Crippen LogP contribution in [-0.4, -0.2) is 40.0 Å². The molecule has 0 aromatic rings. The Morgan fingerprint density at radius 1 is 1.42 bits per heavy atom. The number of aliphatic hydroxyl groups is 2. The highest BCUT2D eigenvalue weighted by molar-refractivity contribution is 5.73. The van der Waals surface area contributed by atoms with Crippen LogP contribution < -0.4 is 5.73 Å². The summed E-state index contributed by atoms with van der Waals surface area (Å²) in [6.07, 6.45) is 1.45. The highest BCUT2D eigenvalue weighted by Crippen LogP contribution is 2.12. The number of primary amides is 1. The molecule has 0 aromatic heterocycles. The molecule has 0 radical (unpaired) electrons. The standard InChI is InChI=1S/C7H12N2O3/c8-5(10)3-4-9-6(11)1-2-7(9)12/h1-2,6-7,11-12H,3-4H2,(H2,8,10). The molecule has 1 rings (SSSR count). The lowest BCUT2D eigenvalue weighted by Gasteiger charge is -2.22. The zero-order valence-electron chi connectivity index (χ0n) is 6.55. The predicted octanol–water partition coefficient (Wildman–Crippen LogP) is -1.63. The van der Waals surface area contributed by atoms with Gasteiger partial charge in [0.25, 0.3) is 0 Å². The molecular formula is C7H12N2O3. The molecule has 0 fully saturated rings. The molecule has 4 N–H and O–H groups in total. The molecule has 0 aromatic carbocycles. The van der Waals surface area contributed by atoms with Crippen molar-refractivity contribution in [1.82, 2.24) is 4.90 Å². The Labute approximate surface area is 70.1 Å². The number of hydrogen-bond donors (Lipinski definition) is 3. The van der Waals surface area contributed by atoms with Gasteiger partial charge in [0.05, 0.1) is 0 Å². The number of nitrogens with zero attached hydrogens (tertiary/aromatic N) is 1. The van der Waals surface area contributed by atoms with Gasteiger partial charge in [-0.15, -0.1) is 0 Å². The fraction of sp³-hybridized carbons (Fsp3) is 0.571. The SMILES string of the molecule is NC(=O)CCN1C(O)C=CC1O. The third-order valence-electron chi connectivity index (χ3n) is 1.75. The van der Waals surface area contributed by atoms with Crippen molar-refractivity contribution in [3.63, 3.8) is 0 Å². The highest BCUT2D eigenvalue weighted by atomic mass is 16.3. The van der Waals surface area contributed by atoms with Crippen LogP contribution in [-0.2, 0) is 4.79 Å². The van der Waals surface area contributed by atoms with Crippen molar-refractivity contribution >= 4 is 5.91 Å². The number of carbonyl (C=O) groups excluding carboxylic acids is 1. The minimum Gasteiger partial charge on any atom is -0.375 e. The molecule has 5 heteroatoms. The zero-order valence-corrected chi connectivity index (χ0v) is 6.55. The first-order valence-electron chi connectivity index (χ1n) is 3.70. The van der Waals surface area contributed by atoms with Crippen LogP contribution in [0.15, 0.2) is 12.2 Å². The van der Waals surface area contributed by atoms with Gasteiger partial charge in [-0.05, 0) is 12.2 Å². The van der Waals surface area contributed by atoms with E-state index in [0.717, 1.165) is 0 Å². The van der Waals surface area contributed by atoms with Crippen molar-refractivity contribution in [1.29, 1.82) is 0 Å². The van der Waals surface area contributed by atoms with Crippen LogP contribution in [0.1, 0.15) is 6.42 Å². The molecule has 12 heavy (non-hydrogen) atoms. The van der Waals surface area contributed by atoms with Crippen LogP contribution in [0.5, 0.6) is 0 Å². The number of rotatable bonds is 3. The van der Waals surface area contributed by atoms with Gasteiger partial charge >= 0.3 is 0 Å². The molecule has 68 valence electrons. The van der Waals surface area contributed by atoms with Crippen molar-refractivity contribution in [3.8, 4) is 0 Å². The summed E-state index contributed by atoms with van der Waals surface area (Å²) < 4.78 is 0. The molecular weight excluding hydrogens is 160 g/mol. The fourth-order valence-corrected chi connectivity index (χ4v) is 1.08. The monoisotopic (exact) mass is 172 g/mol. The van der Waals surface area contributed by atoms with Gasteiger partial charge in [-0.2, -0.15) is 0 Å². The molecule has 1 aliphatic rings. The quantitative estimate of drug-likeness (QED) is 0.446. The summed E-state index contributed by atoms with van der Waals surface area (Å²) in [7, 11) is 0. The van der Waals surface area contributed by atoms with Crippen molar-refractivity contribution in [3.05, 3.63) is 12.2 Å². The van der Waals surface area contributed by atoms with Gasteiger partial charge in [0.2, 0.25) is 5.91 Å². The van der Waals surface area contributed by atoms with Crippen LogP contribution in [0, 0.1) is 0 Å². The fourth-order valence-electron chi connectivity index (χ4n) is 1.08. The highest BCUT2D eigenvalue weighted by Gasteiger charge is 2.24. The average Bonchev–Trinajstić information content (AvgIpc) is 2.28. The Bertz CT molecular complexity index is 193. The first kappa shape index (κ1) is 9.18. The third-order valence-corrected chi connectivity index (χ3v) is 1.75. The lowest BCUT2D eigenvalue weighted by atomic mass is 10.3. The molecule has 5 nitrogen and oxygen atoms in total. The summed E-state index contributed by atoms with van der Waals surface area (Å²) in [6.45, 7) is 0.269. The van der Waals surface area contributed by atoms with Crippen LogP contribution in [0.25, 0.3) is 0 Å². The maximum absolute atomic E-state index is 10.4. The molecule has 1 amide bonds. The Hall–Kier alpha value is -0.910. The van der Waals surface area contributed by atoms with Crippen molar-refractivity contribution < 1.29 is 15.0 Å². The first-order chi connectivity index (χ1) is 5.61. The first-order valence-corrected chi connectivity index (χ1v) is 3.70. The van der Waals surface area contributed by atoms with Gasteiger partial charge in [0.1, 0.15) is 12.5 Å². The van der Waals surface area contributed by atoms with Crippen LogP contribution in [0.2, 0.25) is 0 Å². The minimum atomic E-state index is -0.806. The van der Waals surface area contributed by atoms with Crippen molar-refractivity contribution in [2.24, 2.45) is 5.73 Å². The molecule has 0 saturated carbocycles. The van der Waals surface area contributed by atoms with E-state index >= 15 is 0 Å². The summed E-state index contributed by atoms with van der Waals surface area (Å²) in [5.74, 6) is -0.443. The topological polar surface area (TPSA) is 86.8 Å². The summed E-state index contributed by atoms with van der Waals surface area (Å²) in [5.41, 5.74) is 4.91. The third kappa shape index (κ3) is 2.04. The molecule has 0 saturated heterocycles. The second-order valence-corrected chi connectivity index (χ2v) is 2.67. The van der Waals surface area contributed by atoms with Gasteiger partial charge in [-0.25, -0.2) is 4.90 Å². The Balaban J connectivity index is 2.37. The molecule has 2 unspecified atom stereocenters. The molecule has 2 atom stereocenters. The number of nitrogens with two attached hydrogens (primary N) is 1. The van der Waals surface area contributed by atoms with Gasteiger partial charge in [-0.3, -0.25) is 4.79 Å². The number of aliphatic hydroxyl groups excluding tert-OH is 2. The molecule has 0 spiro atoms. The second-order valence-electron chi connectivity index (χ2n) is 2.67. The van der Waals surface area contributed by atoms with E-state index in [1.807, 2.05) is 0 Å². The van der Waals surface area contributed by atoms with Crippen molar-refractivity contribution in [2.45, 2.75) is 18.9 Å². The van der Waals surface area contributed by atoms with E-state index < -0.39 is 18.4 Å². The van der Waals surface area contributed by atoms with E-state index in [1.165, 1.54) is 17.1 Å². The van der Waals surface area contributed by atoms with Crippen LogP contribution >= 0.6 is 0 Å². The summed E-state index contributed by atoms with van der Waals surface area (Å²) >= 11 is 0. The maximum Gasteiger partial charge on any atom is 0.218 e. The van der Waals surface area contributed by atoms with E-state index in [-0.39, 0.29) is 13.0 Å². The zero-order chi connectivity index (χ0) is 9.14. The van der Waals surface area contributed by atoms with E-state index in [4.69, 9.17) is 5.73 Å². The van der Waals surface area contributed by atoms with E-state index in [1.54, 1.807) is 0 Å². The van der Waals surface area contributed by atoms with Gasteiger partial charge in [-0.1, -0.05) is 0 Å². The van der Waals surface area contributed by atoms with Crippen LogP contribution in [0.3, 0.4) is 0 Å². The van der Waals surface area contributed by atoms with Crippen molar-refractivity contribution in [2.75, 3.05) is 6.54 Å². The summed E-state index contributed by atoms with van der Waals surface area (Å²) in [4.78, 5) is 11.7. The molecule has 1 aliphatic heterocycles. The lowest BCUT2D eigenvalue weighted by molar-refractivity contribution is -0.119. The summed E-state index contributed by atoms with van der Waals surface area (Å²) in [5, 5.41) is 18.4. The predicted molar refractivity (Wildman–Crippen MR) is 41.7 cm³/mol. The van der Waals surface area contributed by atoms with Gasteiger partial charge in [0, 0.05) is 13.0 Å². The summed E-state index contributed by atoms with van der Waals surface area (Å²) in [6, 6.07) is 0.